The largest absolute Gasteiger partial charge is 0.497 e. The number of H-pyrrole nitrogens is 1. The number of aromatic nitrogens is 1. The number of halogens is 1. The van der Waals surface area contributed by atoms with Crippen LogP contribution in [0.3, 0.4) is 0 Å². The van der Waals surface area contributed by atoms with Crippen LogP contribution in [-0.4, -0.2) is 17.9 Å². The normalized spacial score (nSPS) is 10.8. The van der Waals surface area contributed by atoms with Crippen molar-refractivity contribution >= 4 is 28.3 Å². The quantitative estimate of drug-likeness (QED) is 0.730. The van der Waals surface area contributed by atoms with E-state index in [0.717, 1.165) is 22.3 Å². The Labute approximate surface area is 127 Å². The van der Waals surface area contributed by atoms with E-state index in [4.69, 9.17) is 16.3 Å². The number of para-hydroxylation sites is 1. The number of hydrogen-bond acceptors (Lipinski definition) is 2. The molecule has 1 heterocycles. The first-order valence-electron chi connectivity index (χ1n) is 6.57. The third-order valence-electron chi connectivity index (χ3n) is 3.55. The number of aromatic amines is 1. The molecule has 4 heteroatoms. The molecule has 0 spiro atoms. The number of aryl methyl sites for hydroxylation is 1. The van der Waals surface area contributed by atoms with Crippen molar-refractivity contribution in [2.45, 2.75) is 6.92 Å². The third-order valence-corrected chi connectivity index (χ3v) is 3.86. The maximum absolute atomic E-state index is 12.7. The number of methoxy groups -OCH3 is 1. The Balaban J connectivity index is 2.13. The first-order chi connectivity index (χ1) is 10.1. The number of fused-ring (bicyclic) bond motifs is 1. The van der Waals surface area contributed by atoms with Gasteiger partial charge >= 0.3 is 0 Å². The second-order valence-corrected chi connectivity index (χ2v) is 5.25. The van der Waals surface area contributed by atoms with E-state index in [0.29, 0.717) is 16.1 Å². The van der Waals surface area contributed by atoms with Crippen LogP contribution in [0.15, 0.2) is 42.5 Å². The van der Waals surface area contributed by atoms with Crippen LogP contribution in [0.4, 0.5) is 0 Å². The predicted octanol–water partition coefficient (Wildman–Crippen LogP) is 4.37. The predicted molar refractivity (Wildman–Crippen MR) is 84.5 cm³/mol. The molecule has 0 atom stereocenters. The molecule has 0 aliphatic carbocycles. The summed E-state index contributed by atoms with van der Waals surface area (Å²) < 4.78 is 5.11. The van der Waals surface area contributed by atoms with Gasteiger partial charge in [0, 0.05) is 16.6 Å². The Morgan fingerprint density at radius 3 is 2.52 bits per heavy atom. The molecule has 1 aromatic heterocycles. The minimum absolute atomic E-state index is 0.0244. The molecular formula is C17H14ClNO2. The van der Waals surface area contributed by atoms with E-state index in [1.165, 1.54) is 0 Å². The molecule has 0 fully saturated rings. The summed E-state index contributed by atoms with van der Waals surface area (Å²) in [7, 11) is 1.60. The Bertz CT molecular complexity index is 819. The fraction of sp³-hybridized carbons (Fsp3) is 0.118. The second kappa shape index (κ2) is 5.26. The van der Waals surface area contributed by atoms with Crippen LogP contribution >= 0.6 is 11.6 Å². The van der Waals surface area contributed by atoms with E-state index >= 15 is 0 Å². The summed E-state index contributed by atoms with van der Waals surface area (Å²) in [6, 6.07) is 12.7. The number of carbonyl (C=O) groups is 1. The van der Waals surface area contributed by atoms with E-state index in [1.54, 1.807) is 31.4 Å². The monoisotopic (exact) mass is 299 g/mol. The Kier molecular flexibility index (Phi) is 3.43. The van der Waals surface area contributed by atoms with Crippen molar-refractivity contribution in [2.75, 3.05) is 7.11 Å². The molecule has 0 aliphatic rings. The van der Waals surface area contributed by atoms with Gasteiger partial charge < -0.3 is 9.72 Å². The van der Waals surface area contributed by atoms with Crippen molar-refractivity contribution in [3.8, 4) is 5.75 Å². The average molecular weight is 300 g/mol. The van der Waals surface area contributed by atoms with Crippen molar-refractivity contribution < 1.29 is 9.53 Å². The van der Waals surface area contributed by atoms with Gasteiger partial charge in [-0.25, -0.2) is 0 Å². The summed E-state index contributed by atoms with van der Waals surface area (Å²) in [5, 5.41) is 1.46. The van der Waals surface area contributed by atoms with Crippen LogP contribution in [0.5, 0.6) is 5.75 Å². The summed E-state index contributed by atoms with van der Waals surface area (Å²) in [6.07, 6.45) is 0. The van der Waals surface area contributed by atoms with Gasteiger partial charge in [0.25, 0.3) is 0 Å². The molecule has 2 aromatic carbocycles. The Hall–Kier alpha value is -2.26. The molecule has 0 aliphatic heterocycles. The first kappa shape index (κ1) is 13.7. The van der Waals surface area contributed by atoms with Gasteiger partial charge in [0.05, 0.1) is 23.2 Å². The van der Waals surface area contributed by atoms with Gasteiger partial charge in [0.15, 0.2) is 5.78 Å². The highest BCUT2D eigenvalue weighted by Crippen LogP contribution is 2.29. The minimum atomic E-state index is -0.0244. The van der Waals surface area contributed by atoms with E-state index in [-0.39, 0.29) is 5.78 Å². The fourth-order valence-corrected chi connectivity index (χ4v) is 2.71. The smallest absolute Gasteiger partial charge is 0.195 e. The second-order valence-electron chi connectivity index (χ2n) is 4.85. The third kappa shape index (κ3) is 2.30. The molecule has 0 radical (unpaired) electrons. The maximum Gasteiger partial charge on any atom is 0.195 e. The molecular weight excluding hydrogens is 286 g/mol. The van der Waals surface area contributed by atoms with Crippen LogP contribution in [0.1, 0.15) is 21.6 Å². The van der Waals surface area contributed by atoms with Gasteiger partial charge in [-0.15, -0.1) is 0 Å². The molecule has 0 amide bonds. The van der Waals surface area contributed by atoms with Crippen molar-refractivity contribution in [1.82, 2.24) is 4.98 Å². The highest BCUT2D eigenvalue weighted by atomic mass is 35.5. The zero-order chi connectivity index (χ0) is 15.0. The van der Waals surface area contributed by atoms with E-state index in [2.05, 4.69) is 4.98 Å². The zero-order valence-corrected chi connectivity index (χ0v) is 12.5. The number of rotatable bonds is 3. The van der Waals surface area contributed by atoms with Gasteiger partial charge in [0.1, 0.15) is 5.75 Å². The van der Waals surface area contributed by atoms with E-state index in [9.17, 15) is 4.79 Å². The summed E-state index contributed by atoms with van der Waals surface area (Å²) >= 11 is 6.17. The lowest BCUT2D eigenvalue weighted by molar-refractivity contribution is 0.103. The zero-order valence-electron chi connectivity index (χ0n) is 11.7. The topological polar surface area (TPSA) is 42.1 Å². The maximum atomic E-state index is 12.7. The summed E-state index contributed by atoms with van der Waals surface area (Å²) in [5.41, 5.74) is 2.91. The van der Waals surface area contributed by atoms with Crippen molar-refractivity contribution in [1.29, 1.82) is 0 Å². The van der Waals surface area contributed by atoms with Crippen molar-refractivity contribution in [3.05, 3.63) is 64.3 Å². The van der Waals surface area contributed by atoms with E-state index in [1.807, 2.05) is 25.1 Å². The minimum Gasteiger partial charge on any atom is -0.497 e. The van der Waals surface area contributed by atoms with Crippen molar-refractivity contribution in [2.24, 2.45) is 0 Å². The number of carbonyl (C=O) groups excluding carboxylic acids is 1. The molecule has 1 N–H and O–H groups in total. The molecule has 0 saturated carbocycles. The fourth-order valence-electron chi connectivity index (χ4n) is 2.49. The van der Waals surface area contributed by atoms with Gasteiger partial charge in [-0.1, -0.05) is 23.7 Å². The lowest BCUT2D eigenvalue weighted by Crippen LogP contribution is -2.02. The molecule has 3 nitrogen and oxygen atoms in total. The molecule has 3 aromatic rings. The molecule has 106 valence electrons. The van der Waals surface area contributed by atoms with Crippen LogP contribution < -0.4 is 4.74 Å². The number of nitrogens with one attached hydrogen (secondary N) is 1. The van der Waals surface area contributed by atoms with E-state index < -0.39 is 0 Å². The number of hydrogen-bond donors (Lipinski definition) is 1. The van der Waals surface area contributed by atoms with Gasteiger partial charge in [0.2, 0.25) is 0 Å². The van der Waals surface area contributed by atoms with Crippen LogP contribution in [-0.2, 0) is 0 Å². The highest BCUT2D eigenvalue weighted by molar-refractivity contribution is 6.36. The molecule has 0 saturated heterocycles. The number of ether oxygens (including phenoxy) is 1. The molecule has 0 unspecified atom stereocenters. The SMILES string of the molecule is COc1ccc(C(=O)c2c(C)[nH]c3c(Cl)cccc23)cc1. The van der Waals surface area contributed by atoms with Gasteiger partial charge in [-0.05, 0) is 37.3 Å². The Morgan fingerprint density at radius 2 is 1.86 bits per heavy atom. The number of benzene rings is 2. The molecule has 21 heavy (non-hydrogen) atoms. The molecule has 0 bridgehead atoms. The lowest BCUT2D eigenvalue weighted by Gasteiger charge is -2.03. The van der Waals surface area contributed by atoms with Gasteiger partial charge in [-0.3, -0.25) is 4.79 Å². The summed E-state index contributed by atoms with van der Waals surface area (Å²) in [5.74, 6) is 0.703. The van der Waals surface area contributed by atoms with Gasteiger partial charge in [-0.2, -0.15) is 0 Å². The average Bonchev–Trinajstić information content (AvgIpc) is 2.84. The van der Waals surface area contributed by atoms with Crippen LogP contribution in [0.25, 0.3) is 10.9 Å². The van der Waals surface area contributed by atoms with Crippen LogP contribution in [0.2, 0.25) is 5.02 Å². The van der Waals surface area contributed by atoms with Crippen LogP contribution in [0, 0.1) is 6.92 Å². The first-order valence-corrected chi connectivity index (χ1v) is 6.95. The lowest BCUT2D eigenvalue weighted by atomic mass is 10.0. The Morgan fingerprint density at radius 1 is 1.14 bits per heavy atom. The summed E-state index contributed by atoms with van der Waals surface area (Å²) in [6.45, 7) is 1.88. The summed E-state index contributed by atoms with van der Waals surface area (Å²) in [4.78, 5) is 15.9. The molecule has 3 rings (SSSR count). The highest BCUT2D eigenvalue weighted by Gasteiger charge is 2.18. The van der Waals surface area contributed by atoms with Crippen molar-refractivity contribution in [3.63, 3.8) is 0 Å². The number of ketones is 1. The standard InChI is InChI=1S/C17H14ClNO2/c1-10-15(13-4-3-5-14(18)16(13)19-10)17(20)11-6-8-12(21-2)9-7-11/h3-9,19H,1-2H3.